The van der Waals surface area contributed by atoms with Crippen LogP contribution in [0, 0.1) is 12.3 Å². The van der Waals surface area contributed by atoms with Crippen LogP contribution in [0.4, 0.5) is 5.82 Å². The van der Waals surface area contributed by atoms with Crippen LogP contribution in [0.2, 0.25) is 0 Å². The number of aromatic nitrogens is 1. The summed E-state index contributed by atoms with van der Waals surface area (Å²) in [5.74, 6) is 0.232. The van der Waals surface area contributed by atoms with Crippen molar-refractivity contribution in [2.75, 3.05) is 18.4 Å². The lowest BCUT2D eigenvalue weighted by Crippen LogP contribution is -2.48. The first-order chi connectivity index (χ1) is 9.57. The fourth-order valence-electron chi connectivity index (χ4n) is 2.85. The largest absolute Gasteiger partial charge is 0.504 e. The van der Waals surface area contributed by atoms with Crippen molar-refractivity contribution in [3.05, 3.63) is 17.8 Å². The molecule has 110 valence electrons. The number of hydrogen-bond acceptors (Lipinski definition) is 4. The van der Waals surface area contributed by atoms with Gasteiger partial charge in [0.15, 0.2) is 11.6 Å². The molecule has 20 heavy (non-hydrogen) atoms. The smallest absolute Gasteiger partial charge is 0.233 e. The molecule has 1 unspecified atom stereocenters. The number of carbonyl (C=O) groups is 1. The van der Waals surface area contributed by atoms with Crippen LogP contribution in [0.25, 0.3) is 0 Å². The molecule has 1 aliphatic heterocycles. The van der Waals surface area contributed by atoms with E-state index >= 15 is 0 Å². The maximum Gasteiger partial charge on any atom is 0.233 e. The van der Waals surface area contributed by atoms with E-state index < -0.39 is 0 Å². The van der Waals surface area contributed by atoms with E-state index in [4.69, 9.17) is 0 Å². The summed E-state index contributed by atoms with van der Waals surface area (Å²) in [5, 5.41) is 15.9. The number of carbonyl (C=O) groups excluding carboxylic acids is 1. The second-order valence-electron chi connectivity index (χ2n) is 5.59. The molecule has 0 saturated carbocycles. The van der Waals surface area contributed by atoms with E-state index in [1.54, 1.807) is 12.1 Å². The van der Waals surface area contributed by atoms with Gasteiger partial charge in [0.25, 0.3) is 0 Å². The molecule has 0 aromatic carbocycles. The standard InChI is InChI=1S/C15H23N3O2/c1-3-7-15(8-4-9-16-10-15)14(20)18-13-12(19)6-5-11(2)17-13/h5-6,16,19H,3-4,7-10H2,1-2H3,(H,17,18,20). The Balaban J connectivity index is 2.18. The van der Waals surface area contributed by atoms with Crippen molar-refractivity contribution in [2.24, 2.45) is 5.41 Å². The zero-order chi connectivity index (χ0) is 14.6. The number of hydrogen-bond donors (Lipinski definition) is 3. The fourth-order valence-corrected chi connectivity index (χ4v) is 2.85. The molecule has 0 aliphatic carbocycles. The second-order valence-corrected chi connectivity index (χ2v) is 5.59. The first kappa shape index (κ1) is 14.8. The molecule has 0 spiro atoms. The van der Waals surface area contributed by atoms with Crippen LogP contribution in [0.3, 0.4) is 0 Å². The van der Waals surface area contributed by atoms with Crippen LogP contribution in [-0.2, 0) is 4.79 Å². The number of piperidine rings is 1. The predicted molar refractivity (Wildman–Crippen MR) is 78.7 cm³/mol. The lowest BCUT2D eigenvalue weighted by atomic mass is 9.76. The molecule has 1 saturated heterocycles. The summed E-state index contributed by atoms with van der Waals surface area (Å²) in [7, 11) is 0. The maximum absolute atomic E-state index is 12.6. The van der Waals surface area contributed by atoms with Crippen molar-refractivity contribution >= 4 is 11.7 Å². The highest BCUT2D eigenvalue weighted by molar-refractivity contribution is 5.95. The van der Waals surface area contributed by atoms with Crippen LogP contribution in [0.5, 0.6) is 5.75 Å². The van der Waals surface area contributed by atoms with Gasteiger partial charge in [0.05, 0.1) is 5.41 Å². The highest BCUT2D eigenvalue weighted by Gasteiger charge is 2.39. The number of aryl methyl sites for hydroxylation is 1. The van der Waals surface area contributed by atoms with Crippen molar-refractivity contribution < 1.29 is 9.90 Å². The predicted octanol–water partition coefficient (Wildman–Crippen LogP) is 2.20. The van der Waals surface area contributed by atoms with Crippen molar-refractivity contribution in [1.29, 1.82) is 0 Å². The van der Waals surface area contributed by atoms with Crippen LogP contribution in [-0.4, -0.2) is 29.1 Å². The molecule has 3 N–H and O–H groups in total. The molecule has 0 radical (unpaired) electrons. The Bertz CT molecular complexity index is 476. The summed E-state index contributed by atoms with van der Waals surface area (Å²) < 4.78 is 0. The van der Waals surface area contributed by atoms with Gasteiger partial charge in [0.1, 0.15) is 0 Å². The zero-order valence-corrected chi connectivity index (χ0v) is 12.2. The van der Waals surface area contributed by atoms with Crippen molar-refractivity contribution in [2.45, 2.75) is 39.5 Å². The molecule has 2 rings (SSSR count). The first-order valence-corrected chi connectivity index (χ1v) is 7.26. The van der Waals surface area contributed by atoms with Gasteiger partial charge in [-0.1, -0.05) is 13.3 Å². The van der Waals surface area contributed by atoms with E-state index in [9.17, 15) is 9.90 Å². The number of nitrogens with zero attached hydrogens (tertiary/aromatic N) is 1. The van der Waals surface area contributed by atoms with E-state index in [1.165, 1.54) is 0 Å². The summed E-state index contributed by atoms with van der Waals surface area (Å²) in [6, 6.07) is 3.28. The third kappa shape index (κ3) is 3.10. The SMILES string of the molecule is CCCC1(C(=O)Nc2nc(C)ccc2O)CCCNC1. The number of rotatable bonds is 4. The topological polar surface area (TPSA) is 74.2 Å². The molecule has 1 aromatic rings. The number of pyridine rings is 1. The van der Waals surface area contributed by atoms with E-state index in [2.05, 4.69) is 22.5 Å². The normalized spacial score (nSPS) is 22.5. The Morgan fingerprint density at radius 1 is 1.55 bits per heavy atom. The molecule has 1 aliphatic rings. The van der Waals surface area contributed by atoms with Crippen molar-refractivity contribution in [1.82, 2.24) is 10.3 Å². The zero-order valence-electron chi connectivity index (χ0n) is 12.2. The molecule has 1 atom stereocenters. The summed E-state index contributed by atoms with van der Waals surface area (Å²) in [4.78, 5) is 16.8. The van der Waals surface area contributed by atoms with E-state index in [-0.39, 0.29) is 22.9 Å². The van der Waals surface area contributed by atoms with Gasteiger partial charge in [-0.05, 0) is 44.9 Å². The third-order valence-electron chi connectivity index (χ3n) is 3.93. The minimum atomic E-state index is -0.384. The Hall–Kier alpha value is -1.62. The van der Waals surface area contributed by atoms with Crippen LogP contribution >= 0.6 is 0 Å². The van der Waals surface area contributed by atoms with Gasteiger partial charge in [-0.15, -0.1) is 0 Å². The summed E-state index contributed by atoms with van der Waals surface area (Å²) in [5.41, 5.74) is 0.384. The Morgan fingerprint density at radius 2 is 2.35 bits per heavy atom. The van der Waals surface area contributed by atoms with Crippen LogP contribution < -0.4 is 10.6 Å². The van der Waals surface area contributed by atoms with Crippen LogP contribution in [0.15, 0.2) is 12.1 Å². The molecule has 0 bridgehead atoms. The third-order valence-corrected chi connectivity index (χ3v) is 3.93. The average molecular weight is 277 g/mol. The minimum absolute atomic E-state index is 0.0133. The molecule has 1 amide bonds. The van der Waals surface area contributed by atoms with Crippen molar-refractivity contribution in [3.63, 3.8) is 0 Å². The fraction of sp³-hybridized carbons (Fsp3) is 0.600. The highest BCUT2D eigenvalue weighted by atomic mass is 16.3. The number of amides is 1. The van der Waals surface area contributed by atoms with Gasteiger partial charge < -0.3 is 15.7 Å². The number of anilines is 1. The molecule has 2 heterocycles. The van der Waals surface area contributed by atoms with Gasteiger partial charge in [-0.25, -0.2) is 4.98 Å². The Kier molecular flexibility index (Phi) is 4.60. The minimum Gasteiger partial charge on any atom is -0.504 e. The lowest BCUT2D eigenvalue weighted by Gasteiger charge is -2.36. The first-order valence-electron chi connectivity index (χ1n) is 7.26. The molecule has 5 heteroatoms. The monoisotopic (exact) mass is 277 g/mol. The second kappa shape index (κ2) is 6.22. The summed E-state index contributed by atoms with van der Waals surface area (Å²) in [6.07, 6.45) is 3.69. The van der Waals surface area contributed by atoms with Gasteiger partial charge in [0, 0.05) is 12.2 Å². The highest BCUT2D eigenvalue weighted by Crippen LogP contribution is 2.34. The molecule has 5 nitrogen and oxygen atoms in total. The van der Waals surface area contributed by atoms with E-state index in [0.29, 0.717) is 6.54 Å². The molecule has 1 aromatic heterocycles. The summed E-state index contributed by atoms with van der Waals surface area (Å²) in [6.45, 7) is 5.58. The van der Waals surface area contributed by atoms with Gasteiger partial charge in [-0.3, -0.25) is 4.79 Å². The number of nitrogens with one attached hydrogen (secondary N) is 2. The van der Waals surface area contributed by atoms with Gasteiger partial charge >= 0.3 is 0 Å². The van der Waals surface area contributed by atoms with E-state index in [1.807, 2.05) is 6.92 Å². The Labute approximate surface area is 119 Å². The Morgan fingerprint density at radius 3 is 3.00 bits per heavy atom. The van der Waals surface area contributed by atoms with E-state index in [0.717, 1.165) is 37.9 Å². The lowest BCUT2D eigenvalue weighted by molar-refractivity contribution is -0.127. The molecular weight excluding hydrogens is 254 g/mol. The van der Waals surface area contributed by atoms with Gasteiger partial charge in [0.2, 0.25) is 5.91 Å². The quantitative estimate of drug-likeness (QED) is 0.789. The molecule has 1 fully saturated rings. The molecular formula is C15H23N3O2. The van der Waals surface area contributed by atoms with Crippen LogP contribution in [0.1, 0.15) is 38.3 Å². The van der Waals surface area contributed by atoms with Gasteiger partial charge in [-0.2, -0.15) is 0 Å². The average Bonchev–Trinajstić information content (AvgIpc) is 2.44. The summed E-state index contributed by atoms with van der Waals surface area (Å²) >= 11 is 0. The number of aromatic hydroxyl groups is 1. The maximum atomic E-state index is 12.6. The van der Waals surface area contributed by atoms with Crippen molar-refractivity contribution in [3.8, 4) is 5.75 Å².